The van der Waals surface area contributed by atoms with Crippen molar-refractivity contribution in [3.63, 3.8) is 0 Å². The molecule has 4 heteroatoms. The maximum atomic E-state index is 12.2. The van der Waals surface area contributed by atoms with Gasteiger partial charge in [0.1, 0.15) is 0 Å². The van der Waals surface area contributed by atoms with Crippen molar-refractivity contribution in [2.75, 3.05) is 24.5 Å². The lowest BCUT2D eigenvalue weighted by Gasteiger charge is -2.29. The van der Waals surface area contributed by atoms with Crippen LogP contribution in [-0.4, -0.2) is 31.3 Å². The number of benzene rings is 1. The highest BCUT2D eigenvalue weighted by Gasteiger charge is 2.20. The van der Waals surface area contributed by atoms with Crippen LogP contribution >= 0.6 is 0 Å². The van der Waals surface area contributed by atoms with Gasteiger partial charge < -0.3 is 10.2 Å². The van der Waals surface area contributed by atoms with Gasteiger partial charge in [0.05, 0.1) is 0 Å². The number of ketones is 1. The van der Waals surface area contributed by atoms with Gasteiger partial charge in [-0.05, 0) is 43.7 Å². The topological polar surface area (TPSA) is 49.4 Å². The first-order chi connectivity index (χ1) is 9.08. The number of anilines is 1. The predicted octanol–water partition coefficient (Wildman–Crippen LogP) is 1.85. The Morgan fingerprint density at radius 3 is 2.63 bits per heavy atom. The quantitative estimate of drug-likeness (QED) is 0.826. The minimum Gasteiger partial charge on any atom is -0.316 e. The van der Waals surface area contributed by atoms with E-state index < -0.39 is 0 Å². The van der Waals surface area contributed by atoms with Crippen LogP contribution in [0.1, 0.15) is 30.6 Å². The Kier molecular flexibility index (Phi) is 4.32. The van der Waals surface area contributed by atoms with Gasteiger partial charge in [0.2, 0.25) is 5.91 Å². The number of amides is 1. The molecule has 2 rings (SSSR count). The molecule has 1 atom stereocenters. The first-order valence-corrected chi connectivity index (χ1v) is 6.70. The van der Waals surface area contributed by atoms with E-state index in [1.807, 2.05) is 17.0 Å². The van der Waals surface area contributed by atoms with Crippen molar-refractivity contribution in [1.29, 1.82) is 0 Å². The van der Waals surface area contributed by atoms with Crippen molar-refractivity contribution < 1.29 is 9.59 Å². The molecule has 0 radical (unpaired) electrons. The SMILES string of the molecule is CC(=O)c1ccc(N2CC(C)CNCCC2=O)cc1. The van der Waals surface area contributed by atoms with Crippen LogP contribution in [0, 0.1) is 5.92 Å². The molecule has 1 saturated heterocycles. The fraction of sp³-hybridized carbons (Fsp3) is 0.467. The van der Waals surface area contributed by atoms with Gasteiger partial charge in [-0.3, -0.25) is 9.59 Å². The third-order valence-electron chi connectivity index (χ3n) is 3.39. The Morgan fingerprint density at radius 1 is 1.32 bits per heavy atom. The number of hydrogen-bond acceptors (Lipinski definition) is 3. The maximum absolute atomic E-state index is 12.2. The molecular formula is C15H20N2O2. The van der Waals surface area contributed by atoms with Crippen molar-refractivity contribution in [3.05, 3.63) is 29.8 Å². The average Bonchev–Trinajstić information content (AvgIpc) is 2.39. The molecule has 0 bridgehead atoms. The summed E-state index contributed by atoms with van der Waals surface area (Å²) in [5.74, 6) is 0.592. The Bertz CT molecular complexity index is 468. The molecule has 4 nitrogen and oxygen atoms in total. The molecule has 1 amide bonds. The fourth-order valence-electron chi connectivity index (χ4n) is 2.28. The van der Waals surface area contributed by atoms with Crippen LogP contribution in [0.3, 0.4) is 0 Å². The zero-order chi connectivity index (χ0) is 13.8. The standard InChI is InChI=1S/C15H20N2O2/c1-11-9-16-8-7-15(19)17(10-11)14-5-3-13(4-6-14)12(2)18/h3-6,11,16H,7-10H2,1-2H3. The largest absolute Gasteiger partial charge is 0.316 e. The maximum Gasteiger partial charge on any atom is 0.228 e. The predicted molar refractivity (Wildman–Crippen MR) is 75.5 cm³/mol. The summed E-state index contributed by atoms with van der Waals surface area (Å²) >= 11 is 0. The highest BCUT2D eigenvalue weighted by Crippen LogP contribution is 2.19. The summed E-state index contributed by atoms with van der Waals surface area (Å²) < 4.78 is 0. The summed E-state index contributed by atoms with van der Waals surface area (Å²) in [5.41, 5.74) is 1.56. The molecule has 0 saturated carbocycles. The van der Waals surface area contributed by atoms with Crippen molar-refractivity contribution in [2.45, 2.75) is 20.3 Å². The molecule has 1 aliphatic rings. The smallest absolute Gasteiger partial charge is 0.228 e. The van der Waals surface area contributed by atoms with E-state index >= 15 is 0 Å². The number of nitrogens with zero attached hydrogens (tertiary/aromatic N) is 1. The monoisotopic (exact) mass is 260 g/mol. The number of hydrogen-bond donors (Lipinski definition) is 1. The molecule has 1 heterocycles. The van der Waals surface area contributed by atoms with Gasteiger partial charge in [-0.25, -0.2) is 0 Å². The molecule has 0 aromatic heterocycles. The van der Waals surface area contributed by atoms with Gasteiger partial charge >= 0.3 is 0 Å². The van der Waals surface area contributed by atoms with Crippen molar-refractivity contribution in [2.24, 2.45) is 5.92 Å². The second kappa shape index (κ2) is 5.97. The van der Waals surface area contributed by atoms with E-state index in [-0.39, 0.29) is 11.7 Å². The van der Waals surface area contributed by atoms with E-state index in [0.29, 0.717) is 24.4 Å². The molecular weight excluding hydrogens is 240 g/mol. The Balaban J connectivity index is 2.21. The van der Waals surface area contributed by atoms with Gasteiger partial charge in [-0.1, -0.05) is 6.92 Å². The van der Waals surface area contributed by atoms with Crippen molar-refractivity contribution in [1.82, 2.24) is 5.32 Å². The highest BCUT2D eigenvalue weighted by atomic mass is 16.2. The first-order valence-electron chi connectivity index (χ1n) is 6.70. The lowest BCUT2D eigenvalue weighted by molar-refractivity contribution is -0.118. The van der Waals surface area contributed by atoms with E-state index in [1.54, 1.807) is 19.1 Å². The van der Waals surface area contributed by atoms with E-state index in [4.69, 9.17) is 0 Å². The highest BCUT2D eigenvalue weighted by molar-refractivity contribution is 5.96. The zero-order valence-electron chi connectivity index (χ0n) is 11.5. The zero-order valence-corrected chi connectivity index (χ0v) is 11.5. The van der Waals surface area contributed by atoms with Crippen LogP contribution in [0.2, 0.25) is 0 Å². The van der Waals surface area contributed by atoms with Crippen LogP contribution in [0.25, 0.3) is 0 Å². The van der Waals surface area contributed by atoms with E-state index in [0.717, 1.165) is 18.8 Å². The van der Waals surface area contributed by atoms with Gasteiger partial charge in [0.25, 0.3) is 0 Å². The summed E-state index contributed by atoms with van der Waals surface area (Å²) in [6.45, 7) is 6.04. The van der Waals surface area contributed by atoms with E-state index in [9.17, 15) is 9.59 Å². The molecule has 1 aromatic rings. The summed E-state index contributed by atoms with van der Waals surface area (Å²) in [7, 11) is 0. The lowest BCUT2D eigenvalue weighted by atomic mass is 10.1. The number of carbonyl (C=O) groups excluding carboxylic acids is 2. The second-order valence-electron chi connectivity index (χ2n) is 5.17. The van der Waals surface area contributed by atoms with Gasteiger partial charge in [-0.15, -0.1) is 0 Å². The Labute approximate surface area is 113 Å². The fourth-order valence-corrected chi connectivity index (χ4v) is 2.28. The minimum atomic E-state index is 0.0445. The first kappa shape index (κ1) is 13.7. The van der Waals surface area contributed by atoms with E-state index in [1.165, 1.54) is 0 Å². The van der Waals surface area contributed by atoms with Crippen LogP contribution in [0.4, 0.5) is 5.69 Å². The van der Waals surface area contributed by atoms with Gasteiger partial charge in [-0.2, -0.15) is 0 Å². The summed E-state index contributed by atoms with van der Waals surface area (Å²) in [6, 6.07) is 7.28. The van der Waals surface area contributed by atoms with Gasteiger partial charge in [0.15, 0.2) is 5.78 Å². The lowest BCUT2D eigenvalue weighted by Crippen LogP contribution is -2.42. The molecule has 0 spiro atoms. The third-order valence-corrected chi connectivity index (χ3v) is 3.39. The van der Waals surface area contributed by atoms with Crippen LogP contribution in [-0.2, 0) is 4.79 Å². The summed E-state index contributed by atoms with van der Waals surface area (Å²) in [4.78, 5) is 25.2. The Morgan fingerprint density at radius 2 is 2.00 bits per heavy atom. The number of Topliss-reactive ketones (excluding diaryl/α,β-unsaturated/α-hetero) is 1. The third kappa shape index (κ3) is 3.41. The molecule has 1 fully saturated rings. The minimum absolute atomic E-state index is 0.0445. The molecule has 0 aliphatic carbocycles. The normalized spacial score (nSPS) is 20.8. The van der Waals surface area contributed by atoms with Crippen molar-refractivity contribution in [3.8, 4) is 0 Å². The number of rotatable bonds is 2. The molecule has 1 aromatic carbocycles. The van der Waals surface area contributed by atoms with Crippen LogP contribution < -0.4 is 10.2 Å². The average molecular weight is 260 g/mol. The molecule has 1 unspecified atom stereocenters. The van der Waals surface area contributed by atoms with Crippen LogP contribution in [0.15, 0.2) is 24.3 Å². The molecule has 1 aliphatic heterocycles. The van der Waals surface area contributed by atoms with E-state index in [2.05, 4.69) is 12.2 Å². The van der Waals surface area contributed by atoms with Crippen molar-refractivity contribution >= 4 is 17.4 Å². The summed E-state index contributed by atoms with van der Waals surface area (Å²) in [5, 5.41) is 3.27. The van der Waals surface area contributed by atoms with Crippen LogP contribution in [0.5, 0.6) is 0 Å². The number of nitrogens with one attached hydrogen (secondary N) is 1. The number of carbonyl (C=O) groups is 2. The molecule has 1 N–H and O–H groups in total. The summed E-state index contributed by atoms with van der Waals surface area (Å²) in [6.07, 6.45) is 0.515. The Hall–Kier alpha value is -1.68. The molecule has 102 valence electrons. The molecule has 19 heavy (non-hydrogen) atoms. The second-order valence-corrected chi connectivity index (χ2v) is 5.17. The van der Waals surface area contributed by atoms with Gasteiger partial charge in [0, 0.05) is 30.8 Å².